The van der Waals surface area contributed by atoms with Crippen molar-refractivity contribution in [3.63, 3.8) is 0 Å². The van der Waals surface area contributed by atoms with Crippen LogP contribution in [0.25, 0.3) is 0 Å². The molecule has 0 radical (unpaired) electrons. The van der Waals surface area contributed by atoms with E-state index in [4.69, 9.17) is 4.74 Å². The van der Waals surface area contributed by atoms with E-state index in [1.54, 1.807) is 0 Å². The average Bonchev–Trinajstić information content (AvgIpc) is 2.30. The molecule has 1 aliphatic rings. The van der Waals surface area contributed by atoms with E-state index in [9.17, 15) is 0 Å². The lowest BCUT2D eigenvalue weighted by Crippen LogP contribution is -2.34. The molecule has 2 heterocycles. The van der Waals surface area contributed by atoms with E-state index in [0.717, 1.165) is 25.6 Å². The van der Waals surface area contributed by atoms with Crippen LogP contribution in [-0.2, 0) is 4.74 Å². The molecule has 1 aromatic rings. The Morgan fingerprint density at radius 3 is 2.87 bits per heavy atom. The van der Waals surface area contributed by atoms with Crippen molar-refractivity contribution in [1.82, 2.24) is 10.3 Å². The Morgan fingerprint density at radius 1 is 1.47 bits per heavy atom. The van der Waals surface area contributed by atoms with E-state index in [1.807, 2.05) is 31.3 Å². The maximum absolute atomic E-state index is 5.41. The van der Waals surface area contributed by atoms with Gasteiger partial charge in [0.1, 0.15) is 5.82 Å². The summed E-state index contributed by atoms with van der Waals surface area (Å²) < 4.78 is 5.41. The highest BCUT2D eigenvalue weighted by molar-refractivity contribution is 5.37. The van der Waals surface area contributed by atoms with Gasteiger partial charge in [-0.3, -0.25) is 0 Å². The van der Waals surface area contributed by atoms with Gasteiger partial charge < -0.3 is 15.0 Å². The number of nitrogens with one attached hydrogen (secondary N) is 1. The van der Waals surface area contributed by atoms with Gasteiger partial charge in [-0.05, 0) is 11.6 Å². The zero-order valence-electron chi connectivity index (χ0n) is 9.23. The third kappa shape index (κ3) is 2.46. The van der Waals surface area contributed by atoms with Crippen LogP contribution in [0, 0.1) is 0 Å². The molecule has 0 saturated carbocycles. The van der Waals surface area contributed by atoms with Crippen molar-refractivity contribution in [3.05, 3.63) is 23.9 Å². The van der Waals surface area contributed by atoms with Crippen LogP contribution >= 0.6 is 0 Å². The molecular weight excluding hydrogens is 190 g/mol. The monoisotopic (exact) mass is 207 g/mol. The molecule has 1 atom stereocenters. The number of nitrogens with zero attached hydrogens (tertiary/aromatic N) is 2. The van der Waals surface area contributed by atoms with Crippen molar-refractivity contribution in [3.8, 4) is 0 Å². The fourth-order valence-electron chi connectivity index (χ4n) is 1.65. The first kappa shape index (κ1) is 10.4. The van der Waals surface area contributed by atoms with Gasteiger partial charge in [0.15, 0.2) is 0 Å². The minimum absolute atomic E-state index is 0.294. The first-order valence-electron chi connectivity index (χ1n) is 5.22. The van der Waals surface area contributed by atoms with E-state index < -0.39 is 0 Å². The lowest BCUT2D eigenvalue weighted by molar-refractivity contribution is 0.0768. The molecule has 0 amide bonds. The first-order chi connectivity index (χ1) is 7.27. The standard InChI is InChI=1S/C11H17N3O/c1-14(2)11-4-3-9(7-13-11)10-8-15-6-5-12-10/h3-4,7,10,12H,5-6,8H2,1-2H3. The van der Waals surface area contributed by atoms with Crippen molar-refractivity contribution in [2.45, 2.75) is 6.04 Å². The molecule has 0 aliphatic carbocycles. The molecule has 0 bridgehead atoms. The molecule has 1 aromatic heterocycles. The Kier molecular flexibility index (Phi) is 3.18. The summed E-state index contributed by atoms with van der Waals surface area (Å²) in [6.45, 7) is 2.46. The lowest BCUT2D eigenvalue weighted by Gasteiger charge is -2.24. The molecule has 4 nitrogen and oxygen atoms in total. The van der Waals surface area contributed by atoms with Gasteiger partial charge in [-0.1, -0.05) is 6.07 Å². The quantitative estimate of drug-likeness (QED) is 0.778. The zero-order chi connectivity index (χ0) is 10.7. The Hall–Kier alpha value is -1.13. The molecule has 1 fully saturated rings. The largest absolute Gasteiger partial charge is 0.378 e. The average molecular weight is 207 g/mol. The maximum atomic E-state index is 5.41. The van der Waals surface area contributed by atoms with E-state index in [1.165, 1.54) is 5.56 Å². The summed E-state index contributed by atoms with van der Waals surface area (Å²) in [7, 11) is 3.98. The second kappa shape index (κ2) is 4.59. The normalized spacial score (nSPS) is 21.3. The van der Waals surface area contributed by atoms with Gasteiger partial charge in [-0.25, -0.2) is 4.98 Å². The van der Waals surface area contributed by atoms with Crippen LogP contribution in [0.5, 0.6) is 0 Å². The summed E-state index contributed by atoms with van der Waals surface area (Å²) in [5.74, 6) is 0.982. The summed E-state index contributed by atoms with van der Waals surface area (Å²) >= 11 is 0. The second-order valence-electron chi connectivity index (χ2n) is 3.93. The molecular formula is C11H17N3O. The summed E-state index contributed by atoms with van der Waals surface area (Å²) in [4.78, 5) is 6.38. The minimum atomic E-state index is 0.294. The predicted octanol–water partition coefficient (Wildman–Crippen LogP) is 0.808. The first-order valence-corrected chi connectivity index (χ1v) is 5.22. The fraction of sp³-hybridized carbons (Fsp3) is 0.545. The maximum Gasteiger partial charge on any atom is 0.127 e. The molecule has 2 rings (SSSR count). The van der Waals surface area contributed by atoms with Crippen LogP contribution < -0.4 is 10.2 Å². The highest BCUT2D eigenvalue weighted by Gasteiger charge is 2.15. The molecule has 1 saturated heterocycles. The highest BCUT2D eigenvalue weighted by atomic mass is 16.5. The van der Waals surface area contributed by atoms with Gasteiger partial charge in [0, 0.05) is 26.8 Å². The molecule has 15 heavy (non-hydrogen) atoms. The van der Waals surface area contributed by atoms with Crippen LogP contribution in [0.1, 0.15) is 11.6 Å². The van der Waals surface area contributed by atoms with E-state index in [2.05, 4.69) is 16.4 Å². The Balaban J connectivity index is 2.08. The van der Waals surface area contributed by atoms with Crippen LogP contribution in [0.4, 0.5) is 5.82 Å². The predicted molar refractivity (Wildman–Crippen MR) is 60.1 cm³/mol. The Bertz CT molecular complexity index is 304. The van der Waals surface area contributed by atoms with E-state index >= 15 is 0 Å². The van der Waals surface area contributed by atoms with E-state index in [-0.39, 0.29) is 0 Å². The minimum Gasteiger partial charge on any atom is -0.378 e. The van der Waals surface area contributed by atoms with Crippen molar-refractivity contribution in [2.24, 2.45) is 0 Å². The summed E-state index contributed by atoms with van der Waals surface area (Å²) in [6.07, 6.45) is 1.92. The summed E-state index contributed by atoms with van der Waals surface area (Å²) in [5, 5.41) is 3.41. The van der Waals surface area contributed by atoms with Crippen LogP contribution in [-0.4, -0.2) is 38.8 Å². The third-order valence-corrected chi connectivity index (χ3v) is 2.55. The van der Waals surface area contributed by atoms with Crippen molar-refractivity contribution in [2.75, 3.05) is 38.8 Å². The molecule has 4 heteroatoms. The topological polar surface area (TPSA) is 37.4 Å². The number of hydrogen-bond acceptors (Lipinski definition) is 4. The van der Waals surface area contributed by atoms with E-state index in [0.29, 0.717) is 6.04 Å². The number of morpholine rings is 1. The Labute approximate surface area is 90.3 Å². The van der Waals surface area contributed by atoms with Gasteiger partial charge >= 0.3 is 0 Å². The number of rotatable bonds is 2. The number of anilines is 1. The molecule has 0 aromatic carbocycles. The van der Waals surface area contributed by atoms with Gasteiger partial charge in [0.25, 0.3) is 0 Å². The molecule has 1 aliphatic heterocycles. The van der Waals surface area contributed by atoms with Crippen LogP contribution in [0.2, 0.25) is 0 Å². The van der Waals surface area contributed by atoms with Crippen molar-refractivity contribution < 1.29 is 4.74 Å². The van der Waals surface area contributed by atoms with Crippen LogP contribution in [0.3, 0.4) is 0 Å². The van der Waals surface area contributed by atoms with Crippen molar-refractivity contribution >= 4 is 5.82 Å². The van der Waals surface area contributed by atoms with Gasteiger partial charge in [0.2, 0.25) is 0 Å². The SMILES string of the molecule is CN(C)c1ccc(C2COCCN2)cn1. The number of ether oxygens (including phenoxy) is 1. The van der Waals surface area contributed by atoms with Crippen LogP contribution in [0.15, 0.2) is 18.3 Å². The summed E-state index contributed by atoms with van der Waals surface area (Å²) in [6, 6.07) is 4.43. The molecule has 0 spiro atoms. The smallest absolute Gasteiger partial charge is 0.127 e. The second-order valence-corrected chi connectivity index (χ2v) is 3.93. The zero-order valence-corrected chi connectivity index (χ0v) is 9.23. The Morgan fingerprint density at radius 2 is 2.33 bits per heavy atom. The van der Waals surface area contributed by atoms with Crippen molar-refractivity contribution in [1.29, 1.82) is 0 Å². The van der Waals surface area contributed by atoms with Gasteiger partial charge in [-0.2, -0.15) is 0 Å². The summed E-state index contributed by atoms with van der Waals surface area (Å²) in [5.41, 5.74) is 1.19. The number of hydrogen-bond donors (Lipinski definition) is 1. The molecule has 82 valence electrons. The number of aromatic nitrogens is 1. The highest BCUT2D eigenvalue weighted by Crippen LogP contribution is 2.16. The third-order valence-electron chi connectivity index (χ3n) is 2.55. The molecule has 1 unspecified atom stereocenters. The fourth-order valence-corrected chi connectivity index (χ4v) is 1.65. The lowest BCUT2D eigenvalue weighted by atomic mass is 10.1. The van der Waals surface area contributed by atoms with Gasteiger partial charge in [-0.15, -0.1) is 0 Å². The molecule has 1 N–H and O–H groups in total. The number of pyridine rings is 1. The van der Waals surface area contributed by atoms with Gasteiger partial charge in [0.05, 0.1) is 19.3 Å².